The molecule has 0 fully saturated rings. The Bertz CT molecular complexity index is 1190. The van der Waals surface area contributed by atoms with Crippen molar-refractivity contribution >= 4 is 28.3 Å². The molecular formula is C21H16ClN3O2. The summed E-state index contributed by atoms with van der Waals surface area (Å²) in [6.45, 7) is 0. The number of aromatic hydroxyl groups is 1. The maximum atomic E-state index is 10.4. The number of ether oxygens (including phenoxy) is 1. The van der Waals surface area contributed by atoms with Crippen LogP contribution in [0.3, 0.4) is 0 Å². The normalized spacial score (nSPS) is 15.1. The van der Waals surface area contributed by atoms with Gasteiger partial charge in [-0.3, -0.25) is 0 Å². The van der Waals surface area contributed by atoms with Crippen LogP contribution in [0.15, 0.2) is 54.9 Å². The lowest BCUT2D eigenvalue weighted by Crippen LogP contribution is -2.12. The minimum Gasteiger partial charge on any atom is -0.503 e. The zero-order valence-corrected chi connectivity index (χ0v) is 15.2. The minimum absolute atomic E-state index is 0.0609. The Kier molecular flexibility index (Phi) is 3.52. The van der Waals surface area contributed by atoms with Crippen LogP contribution in [0.1, 0.15) is 17.2 Å². The van der Waals surface area contributed by atoms with Crippen LogP contribution in [0.2, 0.25) is 5.02 Å². The van der Waals surface area contributed by atoms with Crippen LogP contribution in [0.5, 0.6) is 11.5 Å². The van der Waals surface area contributed by atoms with E-state index in [1.165, 1.54) is 7.11 Å². The first-order valence-electron chi connectivity index (χ1n) is 8.56. The van der Waals surface area contributed by atoms with Crippen molar-refractivity contribution in [3.05, 3.63) is 71.0 Å². The van der Waals surface area contributed by atoms with Gasteiger partial charge in [-0.2, -0.15) is 0 Å². The summed E-state index contributed by atoms with van der Waals surface area (Å²) in [5.74, 6) is 0.285. The molecule has 3 heterocycles. The van der Waals surface area contributed by atoms with Gasteiger partial charge in [0.15, 0.2) is 11.5 Å². The van der Waals surface area contributed by atoms with E-state index in [9.17, 15) is 5.11 Å². The highest BCUT2D eigenvalue weighted by atomic mass is 35.5. The average Bonchev–Trinajstić information content (AvgIpc) is 3.07. The van der Waals surface area contributed by atoms with Crippen LogP contribution in [-0.2, 0) is 0 Å². The van der Waals surface area contributed by atoms with E-state index in [1.54, 1.807) is 12.3 Å². The molecule has 0 aliphatic carbocycles. The molecule has 1 atom stereocenters. The summed E-state index contributed by atoms with van der Waals surface area (Å²) in [6.07, 6.45) is 3.75. The molecular weight excluding hydrogens is 362 g/mol. The van der Waals surface area contributed by atoms with Gasteiger partial charge in [0.25, 0.3) is 0 Å². The Hall–Kier alpha value is -3.18. The predicted molar refractivity (Wildman–Crippen MR) is 107 cm³/mol. The summed E-state index contributed by atoms with van der Waals surface area (Å²) in [5, 5.41) is 15.3. The van der Waals surface area contributed by atoms with E-state index in [2.05, 4.69) is 21.4 Å². The Balaban J connectivity index is 1.81. The highest BCUT2D eigenvalue weighted by Gasteiger charge is 2.28. The number of methoxy groups -OCH3 is 1. The first-order chi connectivity index (χ1) is 13.2. The number of hydrogen-bond acceptors (Lipinski definition) is 4. The zero-order chi connectivity index (χ0) is 18.5. The average molecular weight is 378 g/mol. The zero-order valence-electron chi connectivity index (χ0n) is 14.5. The third-order valence-corrected chi connectivity index (χ3v) is 5.47. The Labute approximate surface area is 160 Å². The number of phenols is 1. The van der Waals surface area contributed by atoms with E-state index in [0.717, 1.165) is 39.0 Å². The van der Waals surface area contributed by atoms with Crippen LogP contribution >= 0.6 is 11.6 Å². The van der Waals surface area contributed by atoms with Crippen molar-refractivity contribution in [1.82, 2.24) is 9.97 Å². The van der Waals surface area contributed by atoms with E-state index >= 15 is 0 Å². The Morgan fingerprint density at radius 3 is 2.78 bits per heavy atom. The molecule has 0 spiro atoms. The minimum atomic E-state index is -0.255. The summed E-state index contributed by atoms with van der Waals surface area (Å²) in [6, 6.07) is 13.5. The van der Waals surface area contributed by atoms with Gasteiger partial charge in [-0.1, -0.05) is 35.9 Å². The lowest BCUT2D eigenvalue weighted by atomic mass is 9.96. The molecule has 3 N–H and O–H groups in total. The number of pyridine rings is 1. The van der Waals surface area contributed by atoms with Crippen molar-refractivity contribution < 1.29 is 9.84 Å². The van der Waals surface area contributed by atoms with E-state index in [1.807, 2.05) is 36.5 Å². The van der Waals surface area contributed by atoms with E-state index in [0.29, 0.717) is 5.75 Å². The number of H-pyrrole nitrogens is 1. The van der Waals surface area contributed by atoms with Crippen molar-refractivity contribution in [2.75, 3.05) is 12.4 Å². The molecule has 5 rings (SSSR count). The SMILES string of the molecule is COc1ccc(C2Nc3ccccc3-c3ccnc4[nH]cc2c34)c(Cl)c1O. The molecule has 0 amide bonds. The molecule has 0 saturated heterocycles. The van der Waals surface area contributed by atoms with Crippen molar-refractivity contribution in [2.45, 2.75) is 6.04 Å². The van der Waals surface area contributed by atoms with Crippen molar-refractivity contribution in [3.8, 4) is 22.6 Å². The summed E-state index contributed by atoms with van der Waals surface area (Å²) < 4.78 is 5.18. The number of aromatic amines is 1. The number of phenolic OH excluding ortho intramolecular Hbond substituents is 1. The molecule has 1 aliphatic heterocycles. The fraction of sp³-hybridized carbons (Fsp3) is 0.0952. The number of hydrogen-bond donors (Lipinski definition) is 3. The third kappa shape index (κ3) is 2.28. The molecule has 1 unspecified atom stereocenters. The van der Waals surface area contributed by atoms with Crippen LogP contribution in [-0.4, -0.2) is 22.2 Å². The van der Waals surface area contributed by atoms with Gasteiger partial charge in [0, 0.05) is 40.2 Å². The van der Waals surface area contributed by atoms with Crippen LogP contribution < -0.4 is 10.1 Å². The van der Waals surface area contributed by atoms with Gasteiger partial charge in [0.05, 0.1) is 18.2 Å². The second-order valence-corrected chi connectivity index (χ2v) is 6.85. The number of para-hydroxylation sites is 1. The van der Waals surface area contributed by atoms with Gasteiger partial charge >= 0.3 is 0 Å². The van der Waals surface area contributed by atoms with Gasteiger partial charge in [-0.05, 0) is 23.8 Å². The van der Waals surface area contributed by atoms with Gasteiger partial charge in [-0.25, -0.2) is 4.98 Å². The fourth-order valence-corrected chi connectivity index (χ4v) is 4.07. The van der Waals surface area contributed by atoms with Crippen molar-refractivity contribution in [2.24, 2.45) is 0 Å². The number of halogens is 1. The number of nitrogens with one attached hydrogen (secondary N) is 2. The molecule has 2 aromatic carbocycles. The number of fused-ring (bicyclic) bond motifs is 2. The highest BCUT2D eigenvalue weighted by Crippen LogP contribution is 2.47. The molecule has 134 valence electrons. The number of aromatic nitrogens is 2. The topological polar surface area (TPSA) is 70.2 Å². The van der Waals surface area contributed by atoms with Crippen LogP contribution in [0.25, 0.3) is 22.2 Å². The van der Waals surface area contributed by atoms with E-state index in [-0.39, 0.29) is 16.8 Å². The quantitative estimate of drug-likeness (QED) is 0.454. The van der Waals surface area contributed by atoms with Gasteiger partial charge < -0.3 is 20.1 Å². The molecule has 1 aliphatic rings. The van der Waals surface area contributed by atoms with Crippen molar-refractivity contribution in [3.63, 3.8) is 0 Å². The second-order valence-electron chi connectivity index (χ2n) is 6.47. The maximum Gasteiger partial charge on any atom is 0.177 e. The van der Waals surface area contributed by atoms with Crippen molar-refractivity contribution in [1.29, 1.82) is 0 Å². The van der Waals surface area contributed by atoms with Gasteiger partial charge in [-0.15, -0.1) is 0 Å². The molecule has 6 heteroatoms. The maximum absolute atomic E-state index is 10.4. The molecule has 5 nitrogen and oxygen atoms in total. The van der Waals surface area contributed by atoms with Gasteiger partial charge in [0.2, 0.25) is 0 Å². The fourth-order valence-electron chi connectivity index (χ4n) is 3.81. The number of nitrogens with zero attached hydrogens (tertiary/aromatic N) is 1. The van der Waals surface area contributed by atoms with E-state index in [4.69, 9.17) is 16.3 Å². The number of rotatable bonds is 2. The summed E-state index contributed by atoms with van der Waals surface area (Å²) in [4.78, 5) is 7.72. The second kappa shape index (κ2) is 5.93. The lowest BCUT2D eigenvalue weighted by molar-refractivity contribution is 0.373. The predicted octanol–water partition coefficient (Wildman–Crippen LogP) is 5.11. The van der Waals surface area contributed by atoms with Crippen LogP contribution in [0, 0.1) is 0 Å². The molecule has 4 aromatic rings. The third-order valence-electron chi connectivity index (χ3n) is 5.07. The number of anilines is 1. The first kappa shape index (κ1) is 16.0. The molecule has 27 heavy (non-hydrogen) atoms. The molecule has 0 radical (unpaired) electrons. The number of benzene rings is 2. The highest BCUT2D eigenvalue weighted by molar-refractivity contribution is 6.33. The summed E-state index contributed by atoms with van der Waals surface area (Å²) >= 11 is 6.52. The smallest absolute Gasteiger partial charge is 0.177 e. The lowest BCUT2D eigenvalue weighted by Gasteiger charge is -2.21. The standard InChI is InChI=1S/C21H16ClN3O2/c1-27-16-7-6-13(18(22)20(16)26)19-14-10-24-21-17(14)12(8-9-23-21)11-4-2-3-5-15(11)25-19/h2-10,19,25-26H,1H3,(H,23,24). The Morgan fingerprint density at radius 1 is 1.07 bits per heavy atom. The molecule has 2 aromatic heterocycles. The first-order valence-corrected chi connectivity index (χ1v) is 8.94. The summed E-state index contributed by atoms with van der Waals surface area (Å²) in [7, 11) is 1.50. The molecule has 0 bridgehead atoms. The molecule has 0 saturated carbocycles. The summed E-state index contributed by atoms with van der Waals surface area (Å²) in [5.41, 5.74) is 5.81. The monoisotopic (exact) mass is 377 g/mol. The largest absolute Gasteiger partial charge is 0.503 e. The van der Waals surface area contributed by atoms with Gasteiger partial charge in [0.1, 0.15) is 5.65 Å². The van der Waals surface area contributed by atoms with Crippen LogP contribution in [0.4, 0.5) is 5.69 Å². The Morgan fingerprint density at radius 2 is 1.93 bits per heavy atom. The van der Waals surface area contributed by atoms with E-state index < -0.39 is 0 Å².